The van der Waals surface area contributed by atoms with Gasteiger partial charge in [-0.1, -0.05) is 57.2 Å². The van der Waals surface area contributed by atoms with Crippen LogP contribution in [0.25, 0.3) is 0 Å². The van der Waals surface area contributed by atoms with Crippen molar-refractivity contribution < 1.29 is 26.9 Å². The van der Waals surface area contributed by atoms with Crippen molar-refractivity contribution in [3.63, 3.8) is 0 Å². The summed E-state index contributed by atoms with van der Waals surface area (Å²) in [5, 5.41) is 10.4. The highest BCUT2D eigenvalue weighted by Gasteiger charge is 2.43. The van der Waals surface area contributed by atoms with E-state index in [1.165, 1.54) is 0 Å². The third-order valence-corrected chi connectivity index (χ3v) is 6.94. The summed E-state index contributed by atoms with van der Waals surface area (Å²) in [6.45, 7) is 5.60. The van der Waals surface area contributed by atoms with Crippen LogP contribution < -0.4 is 0 Å². The lowest BCUT2D eigenvalue weighted by Gasteiger charge is -2.23. The fourth-order valence-corrected chi connectivity index (χ4v) is 4.64. The average Bonchev–Trinajstić information content (AvgIpc) is 2.96. The number of allylic oxidation sites excluding steroid dienone is 2. The van der Waals surface area contributed by atoms with Gasteiger partial charge in [0.2, 0.25) is 0 Å². The van der Waals surface area contributed by atoms with Gasteiger partial charge in [0.1, 0.15) is 6.17 Å². The number of Topliss-reactive ketones (excluding diaryl/α,β-unsaturated/α-hetero) is 1. The maximum Gasteiger partial charge on any atom is 0.267 e. The van der Waals surface area contributed by atoms with Crippen LogP contribution in [-0.2, 0) is 14.3 Å². The molecule has 1 aromatic carbocycles. The minimum atomic E-state index is -3.45. The summed E-state index contributed by atoms with van der Waals surface area (Å²) >= 11 is 0. The smallest absolute Gasteiger partial charge is 0.267 e. The Morgan fingerprint density at radius 3 is 2.43 bits per heavy atom. The topological polar surface area (TPSA) is 80.7 Å². The van der Waals surface area contributed by atoms with Crippen LogP contribution in [0.5, 0.6) is 0 Å². The Bertz CT molecular complexity index is 839. The van der Waals surface area contributed by atoms with E-state index in [0.717, 1.165) is 12.7 Å². The van der Waals surface area contributed by atoms with Gasteiger partial charge >= 0.3 is 0 Å². The quantitative estimate of drug-likeness (QED) is 0.266. The Balaban J connectivity index is 2.02. The molecule has 2 unspecified atom stereocenters. The van der Waals surface area contributed by atoms with Crippen molar-refractivity contribution in [1.29, 1.82) is 0 Å². The summed E-state index contributed by atoms with van der Waals surface area (Å²) in [5.74, 6) is -0.705. The lowest BCUT2D eigenvalue weighted by atomic mass is 9.82. The molecule has 168 valence electrons. The molecule has 0 heterocycles. The first-order valence-corrected chi connectivity index (χ1v) is 11.9. The van der Waals surface area contributed by atoms with Crippen molar-refractivity contribution in [2.45, 2.75) is 64.6 Å². The Morgan fingerprint density at radius 1 is 1.23 bits per heavy atom. The predicted octanol–water partition coefficient (Wildman–Crippen LogP) is 4.42. The van der Waals surface area contributed by atoms with Gasteiger partial charge in [-0.25, -0.2) is 4.39 Å². The van der Waals surface area contributed by atoms with E-state index in [-0.39, 0.29) is 29.8 Å². The zero-order valence-corrected chi connectivity index (χ0v) is 19.0. The number of carbonyl (C=O) groups excluding carboxylic acids is 1. The molecule has 7 heteroatoms. The number of aliphatic hydroxyl groups excluding tert-OH is 1. The van der Waals surface area contributed by atoms with Gasteiger partial charge in [0.25, 0.3) is 10.1 Å². The van der Waals surface area contributed by atoms with Crippen molar-refractivity contribution in [2.24, 2.45) is 11.3 Å². The molecule has 0 spiro atoms. The van der Waals surface area contributed by atoms with Gasteiger partial charge < -0.3 is 5.11 Å². The minimum absolute atomic E-state index is 0.0411. The van der Waals surface area contributed by atoms with Crippen LogP contribution >= 0.6 is 0 Å². The van der Waals surface area contributed by atoms with E-state index in [9.17, 15) is 22.7 Å². The fraction of sp³-hybridized carbons (Fsp3) is 0.609. The van der Waals surface area contributed by atoms with E-state index in [0.29, 0.717) is 24.8 Å². The number of unbranched alkanes of at least 4 members (excludes halogenated alkanes) is 1. The van der Waals surface area contributed by atoms with Gasteiger partial charge in [0, 0.05) is 29.2 Å². The summed E-state index contributed by atoms with van der Waals surface area (Å²) in [4.78, 5) is 12.4. The summed E-state index contributed by atoms with van der Waals surface area (Å²) in [7, 11) is -2.31. The summed E-state index contributed by atoms with van der Waals surface area (Å²) in [6.07, 6.45) is 3.38. The third-order valence-electron chi connectivity index (χ3n) is 5.64. The highest BCUT2D eigenvalue weighted by molar-refractivity contribution is 7.86. The van der Waals surface area contributed by atoms with Crippen LogP contribution in [0.1, 0.15) is 68.3 Å². The molecule has 1 aliphatic rings. The van der Waals surface area contributed by atoms with Crippen molar-refractivity contribution >= 4 is 15.9 Å². The zero-order valence-electron chi connectivity index (χ0n) is 18.2. The number of alkyl halides is 1. The van der Waals surface area contributed by atoms with Crippen LogP contribution in [0.2, 0.25) is 0 Å². The van der Waals surface area contributed by atoms with E-state index in [1.54, 1.807) is 12.1 Å². The summed E-state index contributed by atoms with van der Waals surface area (Å²) < 4.78 is 41.6. The number of rotatable bonds is 9. The van der Waals surface area contributed by atoms with E-state index in [2.05, 4.69) is 4.18 Å². The molecule has 1 N–H and O–H groups in total. The van der Waals surface area contributed by atoms with E-state index in [1.807, 2.05) is 45.1 Å². The first-order valence-electron chi connectivity index (χ1n) is 10.4. The first kappa shape index (κ1) is 24.7. The first-order chi connectivity index (χ1) is 14.0. The lowest BCUT2D eigenvalue weighted by molar-refractivity contribution is 0.0858. The number of halogens is 1. The number of benzene rings is 1. The molecular formula is C23H33FO5S. The molecule has 30 heavy (non-hydrogen) atoms. The molecule has 2 rings (SSSR count). The molecule has 1 aromatic rings. The lowest BCUT2D eigenvalue weighted by Crippen LogP contribution is -2.21. The van der Waals surface area contributed by atoms with Crippen LogP contribution in [-0.4, -0.2) is 44.4 Å². The molecule has 0 amide bonds. The van der Waals surface area contributed by atoms with Crippen molar-refractivity contribution in [3.05, 3.63) is 47.5 Å². The molecule has 1 fully saturated rings. The highest BCUT2D eigenvalue weighted by Crippen LogP contribution is 2.44. The molecule has 0 saturated heterocycles. The zero-order chi connectivity index (χ0) is 22.5. The van der Waals surface area contributed by atoms with E-state index < -0.39 is 27.8 Å². The number of carbonyl (C=O) groups is 1. The van der Waals surface area contributed by atoms with Gasteiger partial charge in [-0.2, -0.15) is 8.42 Å². The number of hydrogen-bond donors (Lipinski definition) is 1. The van der Waals surface area contributed by atoms with Gasteiger partial charge in [-0.3, -0.25) is 8.98 Å². The molecule has 0 radical (unpaired) electrons. The van der Waals surface area contributed by atoms with Gasteiger partial charge in [0.05, 0.1) is 19.0 Å². The summed E-state index contributed by atoms with van der Waals surface area (Å²) in [5.41, 5.74) is 0.963. The molecule has 1 saturated carbocycles. The van der Waals surface area contributed by atoms with Crippen LogP contribution in [0.4, 0.5) is 4.39 Å². The number of hydrogen-bond acceptors (Lipinski definition) is 5. The molecule has 5 nitrogen and oxygen atoms in total. The largest absolute Gasteiger partial charge is 0.392 e. The predicted molar refractivity (Wildman–Crippen MR) is 116 cm³/mol. The van der Waals surface area contributed by atoms with Crippen molar-refractivity contribution in [3.8, 4) is 0 Å². The van der Waals surface area contributed by atoms with Crippen LogP contribution in [0.15, 0.2) is 36.4 Å². The highest BCUT2D eigenvalue weighted by atomic mass is 32.2. The second-order valence-electron chi connectivity index (χ2n) is 8.99. The SMILES string of the molecule is COS(=O)(=O)CCCC=CCC1C(c2ccc(C(=O)C(C)(C)C)cc2)[C@H](O)C[C@H]1F. The van der Waals surface area contributed by atoms with Crippen molar-refractivity contribution in [1.82, 2.24) is 0 Å². The molecule has 0 aliphatic heterocycles. The van der Waals surface area contributed by atoms with Gasteiger partial charge in [-0.15, -0.1) is 0 Å². The average molecular weight is 441 g/mol. The third kappa shape index (κ3) is 6.46. The Kier molecular flexibility index (Phi) is 8.36. The summed E-state index contributed by atoms with van der Waals surface area (Å²) in [6, 6.07) is 7.14. The normalized spacial score (nSPS) is 25.1. The van der Waals surface area contributed by atoms with E-state index in [4.69, 9.17) is 0 Å². The molecule has 4 atom stereocenters. The van der Waals surface area contributed by atoms with Crippen LogP contribution in [0, 0.1) is 11.3 Å². The minimum Gasteiger partial charge on any atom is -0.392 e. The monoisotopic (exact) mass is 440 g/mol. The Hall–Kier alpha value is -1.57. The second-order valence-corrected chi connectivity index (χ2v) is 10.8. The van der Waals surface area contributed by atoms with Crippen molar-refractivity contribution in [2.75, 3.05) is 12.9 Å². The maximum absolute atomic E-state index is 14.6. The standard InChI is InChI=1S/C23H33FO5S/c1-23(2,3)22(26)17-12-10-16(11-13-17)21-18(19(24)15-20(21)25)9-7-5-6-8-14-30(27,28)29-4/h5,7,10-13,18-21,25H,6,8-9,14-15H2,1-4H3/t18?,19-,20-,21?/m1/s1. The van der Waals surface area contributed by atoms with Crippen LogP contribution in [0.3, 0.4) is 0 Å². The molecule has 1 aliphatic carbocycles. The second kappa shape index (κ2) is 10.2. The van der Waals surface area contributed by atoms with E-state index >= 15 is 0 Å². The van der Waals surface area contributed by atoms with Gasteiger partial charge in [0.15, 0.2) is 5.78 Å². The maximum atomic E-state index is 14.6. The number of ketones is 1. The molecular weight excluding hydrogens is 407 g/mol. The Labute approximate surface area is 179 Å². The molecule has 0 bridgehead atoms. The fourth-order valence-electron chi connectivity index (χ4n) is 3.95. The van der Waals surface area contributed by atoms with Gasteiger partial charge in [-0.05, 0) is 24.8 Å². The Morgan fingerprint density at radius 2 is 1.87 bits per heavy atom. The molecule has 0 aromatic heterocycles. The number of aliphatic hydroxyl groups is 1.